The summed E-state index contributed by atoms with van der Waals surface area (Å²) in [5.74, 6) is -2.38. The molecule has 2 N–H and O–H groups in total. The number of carbonyl (C=O) groups is 2. The number of carbonyl (C=O) groups excluding carboxylic acids is 2. The maximum atomic E-state index is 17.2. The minimum absolute atomic E-state index is 0.0613. The van der Waals surface area contributed by atoms with E-state index in [2.05, 4.69) is 0 Å². The first-order valence-electron chi connectivity index (χ1n) is 11.9. The van der Waals surface area contributed by atoms with E-state index in [1.54, 1.807) is 13.8 Å². The molecule has 1 aliphatic heterocycles. The smallest absolute Gasteiger partial charge is 0.193 e. The maximum absolute atomic E-state index is 17.2. The van der Waals surface area contributed by atoms with Crippen molar-refractivity contribution in [2.24, 2.45) is 22.7 Å². The summed E-state index contributed by atoms with van der Waals surface area (Å²) in [6.07, 6.45) is 0.682. The Morgan fingerprint density at radius 1 is 1.27 bits per heavy atom. The summed E-state index contributed by atoms with van der Waals surface area (Å²) in [4.78, 5) is 25.1. The van der Waals surface area contributed by atoms with Crippen molar-refractivity contribution in [3.8, 4) is 0 Å². The normalized spacial score (nSPS) is 52.6. The van der Waals surface area contributed by atoms with Gasteiger partial charge in [-0.1, -0.05) is 26.3 Å². The van der Waals surface area contributed by atoms with Crippen LogP contribution in [0.15, 0.2) is 23.8 Å². The van der Waals surface area contributed by atoms with Crippen LogP contribution in [-0.4, -0.2) is 64.3 Å². The molecule has 0 aromatic heterocycles. The number of rotatable bonds is 4. The van der Waals surface area contributed by atoms with Crippen molar-refractivity contribution in [2.75, 3.05) is 6.61 Å². The Morgan fingerprint density at radius 3 is 2.67 bits per heavy atom. The van der Waals surface area contributed by atoms with Crippen LogP contribution in [0.3, 0.4) is 0 Å². The van der Waals surface area contributed by atoms with Gasteiger partial charge in [0.15, 0.2) is 29.1 Å². The predicted octanol–water partition coefficient (Wildman–Crippen LogP) is 2.76. The van der Waals surface area contributed by atoms with Crippen molar-refractivity contribution >= 4 is 11.6 Å². The molecule has 8 heteroatoms. The van der Waals surface area contributed by atoms with Gasteiger partial charge in [-0.05, 0) is 56.3 Å². The number of allylic oxidation sites excluding steroid dienone is 4. The molecule has 33 heavy (non-hydrogen) atoms. The first kappa shape index (κ1) is 23.3. The number of hydrogen-bond acceptors (Lipinski definition) is 6. The second-order valence-corrected chi connectivity index (χ2v) is 10.9. The third-order valence-corrected chi connectivity index (χ3v) is 9.50. The van der Waals surface area contributed by atoms with Gasteiger partial charge < -0.3 is 19.7 Å². The van der Waals surface area contributed by atoms with Crippen molar-refractivity contribution in [1.29, 1.82) is 0 Å². The van der Waals surface area contributed by atoms with E-state index < -0.39 is 76.8 Å². The van der Waals surface area contributed by atoms with E-state index in [4.69, 9.17) is 9.47 Å². The van der Waals surface area contributed by atoms with E-state index in [0.29, 0.717) is 6.42 Å². The largest absolute Gasteiger partial charge is 0.390 e. The summed E-state index contributed by atoms with van der Waals surface area (Å²) in [6.45, 7) is 4.53. The van der Waals surface area contributed by atoms with Crippen molar-refractivity contribution in [2.45, 2.75) is 88.8 Å². The van der Waals surface area contributed by atoms with E-state index in [-0.39, 0.29) is 24.8 Å². The van der Waals surface area contributed by atoms with Crippen LogP contribution in [0.2, 0.25) is 0 Å². The van der Waals surface area contributed by atoms with Crippen LogP contribution in [0, 0.1) is 22.7 Å². The molecular formula is C25H32F2O6. The Kier molecular flexibility index (Phi) is 5.12. The van der Waals surface area contributed by atoms with E-state index >= 15 is 8.78 Å². The average Bonchev–Trinajstić information content (AvgIpc) is 3.24. The molecule has 4 fully saturated rings. The molecule has 0 spiro atoms. The Balaban J connectivity index is 1.62. The zero-order valence-electron chi connectivity index (χ0n) is 19.2. The Hall–Kier alpha value is -1.48. The summed E-state index contributed by atoms with van der Waals surface area (Å²) in [6, 6.07) is 0. The van der Waals surface area contributed by atoms with Gasteiger partial charge in [-0.3, -0.25) is 9.59 Å². The van der Waals surface area contributed by atoms with Crippen molar-refractivity contribution in [1.82, 2.24) is 0 Å². The van der Waals surface area contributed by atoms with Crippen LogP contribution in [-0.2, 0) is 19.1 Å². The minimum Gasteiger partial charge on any atom is -0.390 e. The summed E-state index contributed by atoms with van der Waals surface area (Å²) in [7, 11) is 0. The zero-order valence-corrected chi connectivity index (χ0v) is 19.2. The topological polar surface area (TPSA) is 93.1 Å². The fourth-order valence-corrected chi connectivity index (χ4v) is 8.00. The van der Waals surface area contributed by atoms with Crippen LogP contribution in [0.1, 0.15) is 52.9 Å². The lowest BCUT2D eigenvalue weighted by atomic mass is 9.44. The maximum Gasteiger partial charge on any atom is 0.193 e. The summed E-state index contributed by atoms with van der Waals surface area (Å²) in [5.41, 5.74) is -6.22. The Morgan fingerprint density at radius 2 is 2.00 bits per heavy atom. The zero-order chi connectivity index (χ0) is 24.0. The molecule has 0 radical (unpaired) electrons. The van der Waals surface area contributed by atoms with E-state index in [9.17, 15) is 19.8 Å². The highest BCUT2D eigenvalue weighted by molar-refractivity contribution is 6.01. The second kappa shape index (κ2) is 7.26. The molecule has 3 saturated carbocycles. The summed E-state index contributed by atoms with van der Waals surface area (Å²) < 4.78 is 45.0. The Labute approximate surface area is 192 Å². The van der Waals surface area contributed by atoms with E-state index in [0.717, 1.165) is 12.5 Å². The first-order chi connectivity index (χ1) is 15.5. The molecule has 1 heterocycles. The van der Waals surface area contributed by atoms with Crippen molar-refractivity contribution < 1.29 is 38.1 Å². The van der Waals surface area contributed by atoms with Crippen LogP contribution in [0.4, 0.5) is 8.78 Å². The molecular weight excluding hydrogens is 434 g/mol. The molecule has 5 rings (SSSR count). The van der Waals surface area contributed by atoms with Gasteiger partial charge in [-0.15, -0.1) is 0 Å². The number of fused-ring (bicyclic) bond motifs is 7. The molecule has 0 unspecified atom stereocenters. The van der Waals surface area contributed by atoms with E-state index in [1.165, 1.54) is 12.2 Å². The Bertz CT molecular complexity index is 949. The number of ether oxygens (including phenoxy) is 2. The SMILES string of the molecule is CCC[C@@H]1O[C@@H]2C[C@H]3[C@@H]4C[C@H](F)C5=CC(=O)C=C[C@]5(C)[C@@]4(F)[C@@H](O)C[C@]3(C)[C@]2(C(=O)CO)O1. The number of ketones is 2. The number of Topliss-reactive ketones (excluding diaryl/α,β-unsaturated/α-hetero) is 1. The monoisotopic (exact) mass is 466 g/mol. The molecule has 10 atom stereocenters. The highest BCUT2D eigenvalue weighted by Gasteiger charge is 2.79. The third-order valence-electron chi connectivity index (χ3n) is 9.50. The number of hydrogen-bond donors (Lipinski definition) is 2. The van der Waals surface area contributed by atoms with Crippen LogP contribution in [0.25, 0.3) is 0 Å². The summed E-state index contributed by atoms with van der Waals surface area (Å²) >= 11 is 0. The molecule has 182 valence electrons. The fraction of sp³-hybridized carbons (Fsp3) is 0.760. The van der Waals surface area contributed by atoms with Crippen LogP contribution < -0.4 is 0 Å². The lowest BCUT2D eigenvalue weighted by Crippen LogP contribution is -2.70. The highest BCUT2D eigenvalue weighted by Crippen LogP contribution is 2.72. The van der Waals surface area contributed by atoms with Gasteiger partial charge in [0.2, 0.25) is 0 Å². The number of halogens is 2. The second-order valence-electron chi connectivity index (χ2n) is 10.9. The number of alkyl halides is 2. The van der Waals surface area contributed by atoms with Crippen LogP contribution in [0.5, 0.6) is 0 Å². The lowest BCUT2D eigenvalue weighted by molar-refractivity contribution is -0.234. The van der Waals surface area contributed by atoms with E-state index in [1.807, 2.05) is 6.92 Å². The van der Waals surface area contributed by atoms with Crippen molar-refractivity contribution in [3.63, 3.8) is 0 Å². The predicted molar refractivity (Wildman–Crippen MR) is 113 cm³/mol. The van der Waals surface area contributed by atoms with Gasteiger partial charge in [-0.2, -0.15) is 0 Å². The summed E-state index contributed by atoms with van der Waals surface area (Å²) in [5, 5.41) is 21.2. The van der Waals surface area contributed by atoms with Crippen molar-refractivity contribution in [3.05, 3.63) is 23.8 Å². The molecule has 0 aromatic rings. The van der Waals surface area contributed by atoms with Gasteiger partial charge in [-0.25, -0.2) is 8.78 Å². The van der Waals surface area contributed by atoms with Gasteiger partial charge in [0, 0.05) is 16.7 Å². The van der Waals surface area contributed by atoms with Gasteiger partial charge in [0.05, 0.1) is 12.2 Å². The molecule has 0 bridgehead atoms. The van der Waals surface area contributed by atoms with Gasteiger partial charge >= 0.3 is 0 Å². The molecule has 0 amide bonds. The standard InChI is InChI=1S/C25H32F2O6/c1-4-5-21-32-20-10-14-15-9-17(26)16-8-13(29)6-7-22(16,2)24(15,27)18(30)11-23(14,3)25(20,33-21)19(31)12-28/h6-8,14-15,17-18,20-21,28,30H,4-5,9-12H2,1-3H3/t14-,15-,17-,18-,20+,21+,22-,23-,24-,25+/m0/s1. The third kappa shape index (κ3) is 2.61. The number of aliphatic hydroxyl groups is 2. The molecule has 1 saturated heterocycles. The minimum atomic E-state index is -2.23. The number of aliphatic hydroxyl groups excluding tert-OH is 2. The quantitative estimate of drug-likeness (QED) is 0.662. The lowest BCUT2D eigenvalue weighted by Gasteiger charge is -2.63. The first-order valence-corrected chi connectivity index (χ1v) is 11.9. The fourth-order valence-electron chi connectivity index (χ4n) is 8.00. The van der Waals surface area contributed by atoms with Gasteiger partial charge in [0.25, 0.3) is 0 Å². The molecule has 6 nitrogen and oxygen atoms in total. The molecule has 5 aliphatic rings. The average molecular weight is 467 g/mol. The van der Waals surface area contributed by atoms with Gasteiger partial charge in [0.1, 0.15) is 12.8 Å². The van der Waals surface area contributed by atoms with Crippen LogP contribution >= 0.6 is 0 Å². The molecule has 0 aromatic carbocycles. The molecule has 4 aliphatic carbocycles. The highest BCUT2D eigenvalue weighted by atomic mass is 19.1.